The molecule has 1 saturated heterocycles. The Morgan fingerprint density at radius 2 is 2.05 bits per heavy atom. The number of hydrogen-bond donors (Lipinski definition) is 1. The van der Waals surface area contributed by atoms with Gasteiger partial charge in [0.2, 0.25) is 0 Å². The fourth-order valence-corrected chi connectivity index (χ4v) is 2.64. The third-order valence-corrected chi connectivity index (χ3v) is 3.95. The zero-order valence-corrected chi connectivity index (χ0v) is 13.1. The Labute approximate surface area is 127 Å². The molecular weight excluding hydrogens is 324 g/mol. The summed E-state index contributed by atoms with van der Waals surface area (Å²) >= 11 is 3.32. The molecule has 2 rings (SSSR count). The maximum atomic E-state index is 11.6. The maximum absolute atomic E-state index is 11.6. The summed E-state index contributed by atoms with van der Waals surface area (Å²) in [7, 11) is 0. The number of halogens is 1. The zero-order chi connectivity index (χ0) is 14.5. The van der Waals surface area contributed by atoms with Gasteiger partial charge in [-0.25, -0.2) is 4.79 Å². The number of ether oxygens (including phenoxy) is 1. The van der Waals surface area contributed by atoms with Crippen molar-refractivity contribution >= 4 is 22.0 Å². The van der Waals surface area contributed by atoms with E-state index in [1.165, 1.54) is 0 Å². The first-order valence-corrected chi connectivity index (χ1v) is 7.51. The highest BCUT2D eigenvalue weighted by atomic mass is 79.9. The van der Waals surface area contributed by atoms with Gasteiger partial charge in [-0.15, -0.1) is 0 Å². The van der Waals surface area contributed by atoms with Gasteiger partial charge in [0.25, 0.3) is 0 Å². The van der Waals surface area contributed by atoms with Crippen molar-refractivity contribution in [1.29, 1.82) is 0 Å². The van der Waals surface area contributed by atoms with Gasteiger partial charge in [-0.2, -0.15) is 0 Å². The number of piperazine rings is 1. The Morgan fingerprint density at radius 1 is 1.35 bits per heavy atom. The van der Waals surface area contributed by atoms with Crippen LogP contribution in [0.3, 0.4) is 0 Å². The lowest BCUT2D eigenvalue weighted by Gasteiger charge is -2.34. The van der Waals surface area contributed by atoms with Crippen LogP contribution < -0.4 is 0 Å². The van der Waals surface area contributed by atoms with Crippen LogP contribution in [0.1, 0.15) is 12.5 Å². The average Bonchev–Trinajstić information content (AvgIpc) is 2.44. The van der Waals surface area contributed by atoms with E-state index in [9.17, 15) is 9.90 Å². The van der Waals surface area contributed by atoms with E-state index in [1.54, 1.807) is 11.0 Å². The molecule has 6 heteroatoms. The summed E-state index contributed by atoms with van der Waals surface area (Å²) in [5.74, 6) is 0.251. The largest absolute Gasteiger partial charge is 0.507 e. The minimum Gasteiger partial charge on any atom is -0.507 e. The fourth-order valence-electron chi connectivity index (χ4n) is 2.21. The van der Waals surface area contributed by atoms with Crippen LogP contribution in [0.4, 0.5) is 4.79 Å². The van der Waals surface area contributed by atoms with Crippen LogP contribution in [0.25, 0.3) is 0 Å². The molecule has 0 spiro atoms. The minimum atomic E-state index is -0.223. The number of phenolic OH excluding ortho intramolecular Hbond substituents is 1. The second-order valence-electron chi connectivity index (χ2n) is 4.75. The first kappa shape index (κ1) is 15.1. The molecule has 1 aliphatic heterocycles. The molecule has 1 aliphatic rings. The number of amides is 1. The SMILES string of the molecule is CCOC(=O)N1CCN(Cc2ccc(O)c(Br)c2)CC1. The quantitative estimate of drug-likeness (QED) is 0.916. The topological polar surface area (TPSA) is 53.0 Å². The van der Waals surface area contributed by atoms with E-state index in [4.69, 9.17) is 4.74 Å². The first-order chi connectivity index (χ1) is 9.60. The molecule has 1 amide bonds. The molecule has 1 fully saturated rings. The summed E-state index contributed by atoms with van der Waals surface area (Å²) in [6, 6.07) is 5.53. The summed E-state index contributed by atoms with van der Waals surface area (Å²) < 4.78 is 5.71. The van der Waals surface area contributed by atoms with Crippen LogP contribution in [0.15, 0.2) is 22.7 Å². The standard InChI is InChI=1S/C14H19BrN2O3/c1-2-20-14(19)17-7-5-16(6-8-17)10-11-3-4-13(18)12(15)9-11/h3-4,9,18H,2,5-8,10H2,1H3. The monoisotopic (exact) mass is 342 g/mol. The third kappa shape index (κ3) is 3.86. The smallest absolute Gasteiger partial charge is 0.409 e. The average molecular weight is 343 g/mol. The molecule has 0 bridgehead atoms. The Kier molecular flexibility index (Phi) is 5.25. The molecule has 0 aromatic heterocycles. The zero-order valence-electron chi connectivity index (χ0n) is 11.5. The lowest BCUT2D eigenvalue weighted by molar-refractivity contribution is 0.0778. The molecule has 0 saturated carbocycles. The molecule has 1 aromatic rings. The van der Waals surface area contributed by atoms with E-state index in [0.717, 1.165) is 25.2 Å². The van der Waals surface area contributed by atoms with E-state index in [-0.39, 0.29) is 11.8 Å². The number of aromatic hydroxyl groups is 1. The molecule has 1 heterocycles. The Hall–Kier alpha value is -1.27. The Bertz CT molecular complexity index is 473. The highest BCUT2D eigenvalue weighted by Crippen LogP contribution is 2.25. The molecule has 0 atom stereocenters. The second kappa shape index (κ2) is 6.95. The van der Waals surface area contributed by atoms with Crippen molar-refractivity contribution < 1.29 is 14.6 Å². The molecule has 0 radical (unpaired) electrons. The number of nitrogens with zero attached hydrogens (tertiary/aromatic N) is 2. The lowest BCUT2D eigenvalue weighted by atomic mass is 10.2. The number of benzene rings is 1. The van der Waals surface area contributed by atoms with Gasteiger partial charge in [0, 0.05) is 32.7 Å². The van der Waals surface area contributed by atoms with E-state index in [1.807, 2.05) is 19.1 Å². The number of carbonyl (C=O) groups is 1. The van der Waals surface area contributed by atoms with Crippen LogP contribution >= 0.6 is 15.9 Å². The van der Waals surface area contributed by atoms with Crippen molar-refractivity contribution in [2.24, 2.45) is 0 Å². The highest BCUT2D eigenvalue weighted by molar-refractivity contribution is 9.10. The van der Waals surface area contributed by atoms with Gasteiger partial charge in [-0.1, -0.05) is 6.07 Å². The molecule has 1 aromatic carbocycles. The minimum absolute atomic E-state index is 0.223. The summed E-state index contributed by atoms with van der Waals surface area (Å²) in [5, 5.41) is 9.48. The van der Waals surface area contributed by atoms with E-state index in [2.05, 4.69) is 20.8 Å². The lowest BCUT2D eigenvalue weighted by Crippen LogP contribution is -2.48. The molecule has 1 N–H and O–H groups in total. The van der Waals surface area contributed by atoms with Crippen molar-refractivity contribution in [1.82, 2.24) is 9.80 Å². The van der Waals surface area contributed by atoms with Crippen LogP contribution in [0.5, 0.6) is 5.75 Å². The maximum Gasteiger partial charge on any atom is 0.409 e. The van der Waals surface area contributed by atoms with E-state index < -0.39 is 0 Å². The summed E-state index contributed by atoms with van der Waals surface area (Å²) in [6.45, 7) is 6.09. The molecule has 0 unspecified atom stereocenters. The summed E-state index contributed by atoms with van der Waals surface area (Å²) in [5.41, 5.74) is 1.14. The molecule has 5 nitrogen and oxygen atoms in total. The first-order valence-electron chi connectivity index (χ1n) is 6.71. The van der Waals surface area contributed by atoms with Crippen LogP contribution in [0, 0.1) is 0 Å². The van der Waals surface area contributed by atoms with Crippen molar-refractivity contribution in [2.75, 3.05) is 32.8 Å². The van der Waals surface area contributed by atoms with Crippen molar-refractivity contribution in [3.05, 3.63) is 28.2 Å². The van der Waals surface area contributed by atoms with Gasteiger partial charge < -0.3 is 14.7 Å². The Balaban J connectivity index is 1.85. The summed E-state index contributed by atoms with van der Waals surface area (Å²) in [6.07, 6.45) is -0.223. The van der Waals surface area contributed by atoms with Gasteiger partial charge in [-0.3, -0.25) is 4.90 Å². The number of rotatable bonds is 3. The normalized spacial score (nSPS) is 16.2. The highest BCUT2D eigenvalue weighted by Gasteiger charge is 2.21. The predicted octanol–water partition coefficient (Wildman–Crippen LogP) is 2.43. The van der Waals surface area contributed by atoms with Crippen molar-refractivity contribution in [3.8, 4) is 5.75 Å². The van der Waals surface area contributed by atoms with Crippen LogP contribution in [-0.2, 0) is 11.3 Å². The van der Waals surface area contributed by atoms with Crippen LogP contribution in [-0.4, -0.2) is 53.8 Å². The van der Waals surface area contributed by atoms with E-state index in [0.29, 0.717) is 24.2 Å². The number of carbonyl (C=O) groups excluding carboxylic acids is 1. The van der Waals surface area contributed by atoms with Gasteiger partial charge in [-0.05, 0) is 40.5 Å². The molecule has 20 heavy (non-hydrogen) atoms. The van der Waals surface area contributed by atoms with Gasteiger partial charge >= 0.3 is 6.09 Å². The summed E-state index contributed by atoms with van der Waals surface area (Å²) in [4.78, 5) is 15.6. The van der Waals surface area contributed by atoms with Gasteiger partial charge in [0.05, 0.1) is 11.1 Å². The molecule has 0 aliphatic carbocycles. The van der Waals surface area contributed by atoms with Gasteiger partial charge in [0.1, 0.15) is 5.75 Å². The predicted molar refractivity (Wildman–Crippen MR) is 79.7 cm³/mol. The van der Waals surface area contributed by atoms with E-state index >= 15 is 0 Å². The molecular formula is C14H19BrN2O3. The number of hydrogen-bond acceptors (Lipinski definition) is 4. The van der Waals surface area contributed by atoms with Crippen LogP contribution in [0.2, 0.25) is 0 Å². The second-order valence-corrected chi connectivity index (χ2v) is 5.60. The Morgan fingerprint density at radius 3 is 2.65 bits per heavy atom. The molecule has 110 valence electrons. The fraction of sp³-hybridized carbons (Fsp3) is 0.500. The third-order valence-electron chi connectivity index (χ3n) is 3.32. The van der Waals surface area contributed by atoms with Crippen molar-refractivity contribution in [3.63, 3.8) is 0 Å². The number of phenols is 1. The van der Waals surface area contributed by atoms with Crippen molar-refractivity contribution in [2.45, 2.75) is 13.5 Å². The van der Waals surface area contributed by atoms with Gasteiger partial charge in [0.15, 0.2) is 0 Å².